The highest BCUT2D eigenvalue weighted by Gasteiger charge is 2.62. The van der Waals surface area contributed by atoms with Gasteiger partial charge in [0, 0.05) is 26.2 Å². The summed E-state index contributed by atoms with van der Waals surface area (Å²) >= 11 is 0. The van der Waals surface area contributed by atoms with Gasteiger partial charge in [-0.1, -0.05) is 5.11 Å². The highest BCUT2D eigenvalue weighted by atomic mass is 16.8. The zero-order valence-electron chi connectivity index (χ0n) is 13.8. The molecule has 0 unspecified atom stereocenters. The van der Waals surface area contributed by atoms with Gasteiger partial charge in [-0.15, -0.1) is 0 Å². The van der Waals surface area contributed by atoms with Crippen LogP contribution in [0.4, 0.5) is 0 Å². The summed E-state index contributed by atoms with van der Waals surface area (Å²) in [4.78, 5) is 2.82. The molecule has 2 rings (SSSR count). The zero-order valence-corrected chi connectivity index (χ0v) is 13.8. The second kappa shape index (κ2) is 6.88. The van der Waals surface area contributed by atoms with Gasteiger partial charge in [0.15, 0.2) is 6.29 Å². The SMILES string of the molecule is CO[C@@H]1O[C@H](CO)[C@H]2O[C@](C)(OC)[C@@](C)(OC)O[C@@H]2[C@H]1N=[N+]=[N-]. The van der Waals surface area contributed by atoms with E-state index in [4.69, 9.17) is 34.0 Å². The third kappa shape index (κ3) is 2.92. The Morgan fingerprint density at radius 2 is 1.70 bits per heavy atom. The molecule has 10 nitrogen and oxygen atoms in total. The molecule has 1 N–H and O–H groups in total. The molecule has 0 radical (unpaired) electrons. The van der Waals surface area contributed by atoms with Gasteiger partial charge in [-0.25, -0.2) is 0 Å². The predicted molar refractivity (Wildman–Crippen MR) is 76.3 cm³/mol. The van der Waals surface area contributed by atoms with Crippen molar-refractivity contribution < 1.29 is 33.5 Å². The molecule has 7 atom stereocenters. The van der Waals surface area contributed by atoms with Crippen LogP contribution in [0, 0.1) is 0 Å². The number of hydrogen-bond acceptors (Lipinski definition) is 8. The van der Waals surface area contributed by atoms with Crippen molar-refractivity contribution in [3.05, 3.63) is 10.4 Å². The van der Waals surface area contributed by atoms with Gasteiger partial charge >= 0.3 is 0 Å². The molecule has 2 aliphatic rings. The van der Waals surface area contributed by atoms with Crippen LogP contribution in [0.2, 0.25) is 0 Å². The second-order valence-electron chi connectivity index (χ2n) is 5.62. The van der Waals surface area contributed by atoms with Crippen LogP contribution in [-0.4, -0.2) is 75.3 Å². The summed E-state index contributed by atoms with van der Waals surface area (Å²) in [7, 11) is 4.33. The normalized spacial score (nSPS) is 46.8. The third-order valence-electron chi connectivity index (χ3n) is 4.54. The topological polar surface area (TPSA) is 124 Å². The Hall–Kier alpha value is -0.970. The van der Waals surface area contributed by atoms with Crippen LogP contribution in [-0.2, 0) is 28.4 Å². The van der Waals surface area contributed by atoms with E-state index >= 15 is 0 Å². The molecule has 0 aromatic carbocycles. The van der Waals surface area contributed by atoms with Gasteiger partial charge in [-0.2, -0.15) is 0 Å². The summed E-state index contributed by atoms with van der Waals surface area (Å²) in [6.45, 7) is 2.99. The first-order valence-electron chi connectivity index (χ1n) is 7.19. The summed E-state index contributed by atoms with van der Waals surface area (Å²) in [6.07, 6.45) is -3.07. The maximum atomic E-state index is 9.60. The molecule has 132 valence electrons. The maximum Gasteiger partial charge on any atom is 0.220 e. The van der Waals surface area contributed by atoms with Gasteiger partial charge in [0.25, 0.3) is 0 Å². The van der Waals surface area contributed by atoms with Crippen LogP contribution >= 0.6 is 0 Å². The minimum atomic E-state index is -1.26. The zero-order chi connectivity index (χ0) is 17.3. The van der Waals surface area contributed by atoms with Gasteiger partial charge in [-0.05, 0) is 19.4 Å². The first-order valence-corrected chi connectivity index (χ1v) is 7.19. The molecule has 0 bridgehead atoms. The lowest BCUT2D eigenvalue weighted by atomic mass is 9.93. The molecule has 2 saturated heterocycles. The lowest BCUT2D eigenvalue weighted by Crippen LogP contribution is -2.72. The van der Waals surface area contributed by atoms with Crippen molar-refractivity contribution in [2.75, 3.05) is 27.9 Å². The fourth-order valence-electron chi connectivity index (χ4n) is 2.89. The summed E-state index contributed by atoms with van der Waals surface area (Å²) in [5, 5.41) is 13.3. The average molecular weight is 333 g/mol. The number of hydrogen-bond donors (Lipinski definition) is 1. The molecule has 2 fully saturated rings. The Bertz CT molecular complexity index is 474. The largest absolute Gasteiger partial charge is 0.394 e. The highest BCUT2D eigenvalue weighted by molar-refractivity contribution is 5.02. The second-order valence-corrected chi connectivity index (χ2v) is 5.62. The smallest absolute Gasteiger partial charge is 0.220 e. The number of fused-ring (bicyclic) bond motifs is 1. The molecular formula is C13H23N3O7. The Balaban J connectivity index is 2.42. The van der Waals surface area contributed by atoms with E-state index in [0.717, 1.165) is 0 Å². The number of methoxy groups -OCH3 is 3. The third-order valence-corrected chi connectivity index (χ3v) is 4.54. The highest BCUT2D eigenvalue weighted by Crippen LogP contribution is 2.44. The molecule has 0 spiro atoms. The Morgan fingerprint density at radius 1 is 1.13 bits per heavy atom. The molecule has 0 aromatic rings. The van der Waals surface area contributed by atoms with E-state index in [1.807, 2.05) is 0 Å². The Labute approximate surface area is 134 Å². The number of nitrogens with zero attached hydrogens (tertiary/aromatic N) is 3. The van der Waals surface area contributed by atoms with Gasteiger partial charge in [0.2, 0.25) is 11.6 Å². The van der Waals surface area contributed by atoms with Gasteiger partial charge in [0.1, 0.15) is 24.4 Å². The predicted octanol–water partition coefficient (Wildman–Crippen LogP) is 0.538. The van der Waals surface area contributed by atoms with Crippen molar-refractivity contribution in [1.29, 1.82) is 0 Å². The van der Waals surface area contributed by atoms with E-state index in [0.29, 0.717) is 0 Å². The molecule has 2 heterocycles. The fraction of sp³-hybridized carbons (Fsp3) is 1.00. The Morgan fingerprint density at radius 3 is 2.13 bits per heavy atom. The van der Waals surface area contributed by atoms with Crippen LogP contribution in [0.25, 0.3) is 10.4 Å². The van der Waals surface area contributed by atoms with E-state index in [9.17, 15) is 5.11 Å². The average Bonchev–Trinajstić information content (AvgIpc) is 2.56. The lowest BCUT2D eigenvalue weighted by Gasteiger charge is -2.56. The van der Waals surface area contributed by atoms with Crippen LogP contribution in [0.5, 0.6) is 0 Å². The quantitative estimate of drug-likeness (QED) is 0.442. The number of azide groups is 1. The van der Waals surface area contributed by atoms with Crippen molar-refractivity contribution >= 4 is 0 Å². The van der Waals surface area contributed by atoms with Crippen LogP contribution in [0.3, 0.4) is 0 Å². The summed E-state index contributed by atoms with van der Waals surface area (Å²) in [6, 6.07) is -0.811. The van der Waals surface area contributed by atoms with E-state index in [1.54, 1.807) is 13.8 Å². The van der Waals surface area contributed by atoms with E-state index in [2.05, 4.69) is 10.0 Å². The van der Waals surface area contributed by atoms with Crippen molar-refractivity contribution in [3.63, 3.8) is 0 Å². The molecule has 0 aliphatic carbocycles. The first-order chi connectivity index (χ1) is 10.9. The Kier molecular flexibility index (Phi) is 5.49. The number of ether oxygens (including phenoxy) is 6. The minimum Gasteiger partial charge on any atom is -0.394 e. The van der Waals surface area contributed by atoms with Crippen molar-refractivity contribution in [3.8, 4) is 0 Å². The molecule has 10 heteroatoms. The van der Waals surface area contributed by atoms with E-state index < -0.39 is 42.2 Å². The number of aliphatic hydroxyl groups excluding tert-OH is 1. The molecule has 2 aliphatic heterocycles. The first kappa shape index (κ1) is 18.4. The summed E-state index contributed by atoms with van der Waals surface area (Å²) < 4.78 is 33.8. The van der Waals surface area contributed by atoms with Gasteiger partial charge in [0.05, 0.1) is 6.61 Å². The molecule has 0 aromatic heterocycles. The van der Waals surface area contributed by atoms with Crippen LogP contribution < -0.4 is 0 Å². The van der Waals surface area contributed by atoms with Gasteiger partial charge < -0.3 is 33.5 Å². The van der Waals surface area contributed by atoms with Gasteiger partial charge in [-0.3, -0.25) is 0 Å². The van der Waals surface area contributed by atoms with Crippen LogP contribution in [0.1, 0.15) is 13.8 Å². The molecule has 23 heavy (non-hydrogen) atoms. The van der Waals surface area contributed by atoms with Crippen molar-refractivity contribution in [2.45, 2.75) is 56.1 Å². The van der Waals surface area contributed by atoms with Crippen molar-refractivity contribution in [1.82, 2.24) is 0 Å². The lowest BCUT2D eigenvalue weighted by molar-refractivity contribution is -0.470. The summed E-state index contributed by atoms with van der Waals surface area (Å²) in [5.74, 6) is -2.51. The number of aliphatic hydroxyl groups is 1. The van der Waals surface area contributed by atoms with E-state index in [1.165, 1.54) is 21.3 Å². The van der Waals surface area contributed by atoms with E-state index in [-0.39, 0.29) is 6.61 Å². The number of rotatable bonds is 5. The maximum absolute atomic E-state index is 9.60. The summed E-state index contributed by atoms with van der Waals surface area (Å²) in [5.41, 5.74) is 8.83. The standard InChI is InChI=1S/C13H23N3O7/c1-12(19-4)13(2,20-5)23-10-8(15-16-14)11(18-3)21-7(6-17)9(10)22-12/h7-11,17H,6H2,1-5H3/t7-,8-,9-,10-,11-,12+,13+/m1/s1. The van der Waals surface area contributed by atoms with Crippen LogP contribution in [0.15, 0.2) is 5.11 Å². The molecule has 0 saturated carbocycles. The molecule has 0 amide bonds. The monoisotopic (exact) mass is 333 g/mol. The van der Waals surface area contributed by atoms with Crippen molar-refractivity contribution in [2.24, 2.45) is 5.11 Å². The fourth-order valence-corrected chi connectivity index (χ4v) is 2.89. The molecular weight excluding hydrogens is 310 g/mol. The minimum absolute atomic E-state index is 0.323.